The van der Waals surface area contributed by atoms with Crippen molar-refractivity contribution in [2.45, 2.75) is 46.0 Å². The minimum absolute atomic E-state index is 0.680. The third kappa shape index (κ3) is 3.25. The fourth-order valence-corrected chi connectivity index (χ4v) is 3.44. The van der Waals surface area contributed by atoms with E-state index in [1.165, 1.54) is 48.8 Å². The average Bonchev–Trinajstić information content (AvgIpc) is 2.84. The van der Waals surface area contributed by atoms with Crippen molar-refractivity contribution in [3.63, 3.8) is 0 Å². The largest absolute Gasteiger partial charge is 0.126 e. The molecule has 0 aliphatic heterocycles. The van der Waals surface area contributed by atoms with Crippen LogP contribution in [-0.4, -0.2) is 5.88 Å². The van der Waals surface area contributed by atoms with Crippen LogP contribution in [0.2, 0.25) is 0 Å². The van der Waals surface area contributed by atoms with Crippen LogP contribution in [0.4, 0.5) is 0 Å². The van der Waals surface area contributed by atoms with Gasteiger partial charge in [0.15, 0.2) is 0 Å². The number of hydrogen-bond donors (Lipinski definition) is 0. The molecule has 0 nitrogen and oxygen atoms in total. The lowest BCUT2D eigenvalue weighted by Crippen LogP contribution is -2.17. The molecule has 0 heterocycles. The van der Waals surface area contributed by atoms with E-state index in [0.717, 1.165) is 11.8 Å². The fourth-order valence-electron chi connectivity index (χ4n) is 3.08. The van der Waals surface area contributed by atoms with Crippen LogP contribution in [0.1, 0.15) is 42.4 Å². The Kier molecular flexibility index (Phi) is 4.50. The highest BCUT2D eigenvalue weighted by Crippen LogP contribution is 2.34. The van der Waals surface area contributed by atoms with Crippen molar-refractivity contribution in [2.75, 3.05) is 5.88 Å². The molecule has 0 spiro atoms. The van der Waals surface area contributed by atoms with Crippen molar-refractivity contribution < 1.29 is 0 Å². The Hall–Kier alpha value is -0.490. The van der Waals surface area contributed by atoms with E-state index in [4.69, 9.17) is 11.6 Å². The van der Waals surface area contributed by atoms with Gasteiger partial charge in [-0.3, -0.25) is 0 Å². The van der Waals surface area contributed by atoms with Gasteiger partial charge < -0.3 is 0 Å². The summed E-state index contributed by atoms with van der Waals surface area (Å²) in [6.45, 7) is 4.39. The first kappa shape index (κ1) is 13.0. The first-order valence-electron chi connectivity index (χ1n) is 6.83. The number of halogens is 1. The molecule has 0 aromatic heterocycles. The minimum Gasteiger partial charge on any atom is -0.126 e. The average molecular weight is 251 g/mol. The smallest absolute Gasteiger partial charge is 0.0257 e. The lowest BCUT2D eigenvalue weighted by molar-refractivity contribution is 0.368. The Morgan fingerprint density at radius 3 is 2.59 bits per heavy atom. The monoisotopic (exact) mass is 250 g/mol. The summed E-state index contributed by atoms with van der Waals surface area (Å²) >= 11 is 6.19. The summed E-state index contributed by atoms with van der Waals surface area (Å²) in [5.41, 5.74) is 4.29. The molecular weight excluding hydrogens is 228 g/mol. The van der Waals surface area contributed by atoms with Gasteiger partial charge >= 0.3 is 0 Å². The van der Waals surface area contributed by atoms with Crippen LogP contribution in [0.25, 0.3) is 0 Å². The Morgan fingerprint density at radius 2 is 1.94 bits per heavy atom. The summed E-state index contributed by atoms with van der Waals surface area (Å²) < 4.78 is 0. The van der Waals surface area contributed by atoms with Gasteiger partial charge in [-0.05, 0) is 43.2 Å². The Morgan fingerprint density at radius 1 is 1.24 bits per heavy atom. The minimum atomic E-state index is 0.680. The predicted octanol–water partition coefficient (Wildman–Crippen LogP) is 4.89. The Balaban J connectivity index is 2.09. The third-order valence-electron chi connectivity index (χ3n) is 4.25. The molecule has 2 rings (SSSR count). The zero-order valence-corrected chi connectivity index (χ0v) is 11.8. The summed E-state index contributed by atoms with van der Waals surface area (Å²) in [6.07, 6.45) is 6.77. The third-order valence-corrected chi connectivity index (χ3v) is 4.65. The second kappa shape index (κ2) is 5.91. The molecule has 0 bridgehead atoms. The molecule has 1 heteroatoms. The standard InChI is InChI=1S/C16H23Cl/c1-12-7-8-13(2)15(9-12)10-16(11-17)14-5-3-4-6-14/h7-9,14,16H,3-6,10-11H2,1-2H3. The maximum absolute atomic E-state index is 6.19. The normalized spacial score (nSPS) is 18.5. The van der Waals surface area contributed by atoms with E-state index < -0.39 is 0 Å². The SMILES string of the molecule is Cc1ccc(C)c(CC(CCl)C2CCCC2)c1. The van der Waals surface area contributed by atoms with Gasteiger partial charge in [0, 0.05) is 5.88 Å². The maximum atomic E-state index is 6.19. The van der Waals surface area contributed by atoms with Crippen LogP contribution in [0, 0.1) is 25.7 Å². The summed E-state index contributed by atoms with van der Waals surface area (Å²) in [7, 11) is 0. The van der Waals surface area contributed by atoms with Crippen LogP contribution in [0.3, 0.4) is 0 Å². The molecule has 0 N–H and O–H groups in total. The second-order valence-corrected chi connectivity index (χ2v) is 5.90. The van der Waals surface area contributed by atoms with E-state index >= 15 is 0 Å². The van der Waals surface area contributed by atoms with E-state index in [1.807, 2.05) is 0 Å². The summed E-state index contributed by atoms with van der Waals surface area (Å²) in [6, 6.07) is 6.78. The highest BCUT2D eigenvalue weighted by Gasteiger charge is 2.24. The Labute approximate surface area is 110 Å². The van der Waals surface area contributed by atoms with Crippen molar-refractivity contribution >= 4 is 11.6 Å². The highest BCUT2D eigenvalue weighted by atomic mass is 35.5. The molecule has 1 saturated carbocycles. The van der Waals surface area contributed by atoms with Crippen LogP contribution in [0.15, 0.2) is 18.2 Å². The van der Waals surface area contributed by atoms with E-state index in [9.17, 15) is 0 Å². The van der Waals surface area contributed by atoms with Crippen LogP contribution in [0.5, 0.6) is 0 Å². The van der Waals surface area contributed by atoms with Gasteiger partial charge in [0.25, 0.3) is 0 Å². The highest BCUT2D eigenvalue weighted by molar-refractivity contribution is 6.18. The molecule has 1 aromatic rings. The number of alkyl halides is 1. The number of hydrogen-bond acceptors (Lipinski definition) is 0. The molecule has 1 aliphatic carbocycles. The number of benzene rings is 1. The van der Waals surface area contributed by atoms with Gasteiger partial charge in [-0.25, -0.2) is 0 Å². The van der Waals surface area contributed by atoms with E-state index in [1.54, 1.807) is 0 Å². The molecule has 17 heavy (non-hydrogen) atoms. The van der Waals surface area contributed by atoms with Crippen molar-refractivity contribution in [1.82, 2.24) is 0 Å². The fraction of sp³-hybridized carbons (Fsp3) is 0.625. The predicted molar refractivity (Wildman–Crippen MR) is 75.8 cm³/mol. The summed E-state index contributed by atoms with van der Waals surface area (Å²) in [4.78, 5) is 0. The molecular formula is C16H23Cl. The lowest BCUT2D eigenvalue weighted by Gasteiger charge is -2.22. The van der Waals surface area contributed by atoms with Crippen molar-refractivity contribution in [1.29, 1.82) is 0 Å². The van der Waals surface area contributed by atoms with Gasteiger partial charge in [0.1, 0.15) is 0 Å². The molecule has 1 aliphatic rings. The number of aryl methyl sites for hydroxylation is 2. The van der Waals surface area contributed by atoms with Crippen molar-refractivity contribution in [2.24, 2.45) is 11.8 Å². The summed E-state index contributed by atoms with van der Waals surface area (Å²) in [5.74, 6) is 2.37. The van der Waals surface area contributed by atoms with Crippen LogP contribution >= 0.6 is 11.6 Å². The molecule has 1 fully saturated rings. The number of rotatable bonds is 4. The molecule has 0 saturated heterocycles. The quantitative estimate of drug-likeness (QED) is 0.668. The van der Waals surface area contributed by atoms with Gasteiger partial charge in [-0.2, -0.15) is 0 Å². The second-order valence-electron chi connectivity index (χ2n) is 5.59. The molecule has 0 amide bonds. The van der Waals surface area contributed by atoms with Crippen LogP contribution < -0.4 is 0 Å². The first-order valence-corrected chi connectivity index (χ1v) is 7.36. The van der Waals surface area contributed by atoms with Gasteiger partial charge in [-0.15, -0.1) is 11.6 Å². The molecule has 1 aromatic carbocycles. The van der Waals surface area contributed by atoms with E-state index in [2.05, 4.69) is 32.0 Å². The topological polar surface area (TPSA) is 0 Å². The maximum Gasteiger partial charge on any atom is 0.0257 e. The molecule has 1 atom stereocenters. The molecule has 94 valence electrons. The van der Waals surface area contributed by atoms with E-state index in [0.29, 0.717) is 5.92 Å². The van der Waals surface area contributed by atoms with Gasteiger partial charge in [0.05, 0.1) is 0 Å². The van der Waals surface area contributed by atoms with E-state index in [-0.39, 0.29) is 0 Å². The lowest BCUT2D eigenvalue weighted by atomic mass is 9.85. The molecule has 1 unspecified atom stereocenters. The Bertz CT molecular complexity index is 364. The molecule has 0 radical (unpaired) electrons. The first-order chi connectivity index (χ1) is 8.20. The van der Waals surface area contributed by atoms with Crippen LogP contribution in [-0.2, 0) is 6.42 Å². The van der Waals surface area contributed by atoms with Crippen molar-refractivity contribution in [3.8, 4) is 0 Å². The van der Waals surface area contributed by atoms with Crippen molar-refractivity contribution in [3.05, 3.63) is 34.9 Å². The zero-order chi connectivity index (χ0) is 12.3. The zero-order valence-electron chi connectivity index (χ0n) is 11.0. The van der Waals surface area contributed by atoms with Gasteiger partial charge in [0.2, 0.25) is 0 Å². The van der Waals surface area contributed by atoms with Gasteiger partial charge in [-0.1, -0.05) is 49.4 Å². The summed E-state index contributed by atoms with van der Waals surface area (Å²) in [5, 5.41) is 0.